The van der Waals surface area contributed by atoms with Gasteiger partial charge in [-0.1, -0.05) is 31.4 Å². The third-order valence-corrected chi connectivity index (χ3v) is 3.31. The van der Waals surface area contributed by atoms with Gasteiger partial charge < -0.3 is 0 Å². The van der Waals surface area contributed by atoms with Gasteiger partial charge in [-0.2, -0.15) is 0 Å². The minimum atomic E-state index is 0.964. The lowest BCUT2D eigenvalue weighted by Crippen LogP contribution is -2.13. The van der Waals surface area contributed by atoms with Crippen LogP contribution in [-0.4, -0.2) is 0 Å². The molecule has 0 aromatic rings. The molecule has 0 bridgehead atoms. The fourth-order valence-corrected chi connectivity index (χ4v) is 2.61. The van der Waals surface area contributed by atoms with E-state index >= 15 is 0 Å². The van der Waals surface area contributed by atoms with E-state index in [9.17, 15) is 0 Å². The second kappa shape index (κ2) is 3.42. The van der Waals surface area contributed by atoms with Gasteiger partial charge in [0.05, 0.1) is 0 Å². The Morgan fingerprint density at radius 1 is 0.909 bits per heavy atom. The summed E-state index contributed by atoms with van der Waals surface area (Å²) in [6, 6.07) is 0. The second-order valence-corrected chi connectivity index (χ2v) is 4.07. The van der Waals surface area contributed by atoms with Crippen LogP contribution in [0.2, 0.25) is 0 Å². The largest absolute Gasteiger partial charge is 0.0882 e. The van der Waals surface area contributed by atoms with E-state index in [2.05, 4.69) is 12.2 Å². The van der Waals surface area contributed by atoms with E-state index in [1.165, 1.54) is 44.9 Å². The average Bonchev–Trinajstić information content (AvgIpc) is 2.28. The van der Waals surface area contributed by atoms with Crippen LogP contribution in [0.3, 0.4) is 0 Å². The van der Waals surface area contributed by atoms with Crippen molar-refractivity contribution in [1.82, 2.24) is 0 Å². The Morgan fingerprint density at radius 3 is 2.82 bits per heavy atom. The normalized spacial score (nSPS) is 37.8. The highest BCUT2D eigenvalue weighted by Crippen LogP contribution is 2.35. The molecular formula is C11H18. The summed E-state index contributed by atoms with van der Waals surface area (Å²) in [6.45, 7) is 0. The summed E-state index contributed by atoms with van der Waals surface area (Å²) >= 11 is 0. The quantitative estimate of drug-likeness (QED) is 0.463. The fraction of sp³-hybridized carbons (Fsp3) is 0.818. The number of rotatable bonds is 0. The molecule has 0 aromatic carbocycles. The molecule has 0 aromatic heterocycles. The summed E-state index contributed by atoms with van der Waals surface area (Å²) in [4.78, 5) is 0. The van der Waals surface area contributed by atoms with Crippen LogP contribution < -0.4 is 0 Å². The van der Waals surface area contributed by atoms with Crippen LogP contribution in [0.15, 0.2) is 12.2 Å². The lowest BCUT2D eigenvalue weighted by Gasteiger charge is -2.25. The van der Waals surface area contributed by atoms with Crippen LogP contribution in [-0.2, 0) is 0 Å². The molecular weight excluding hydrogens is 132 g/mol. The lowest BCUT2D eigenvalue weighted by atomic mass is 9.81. The zero-order valence-corrected chi connectivity index (χ0v) is 7.26. The van der Waals surface area contributed by atoms with Crippen molar-refractivity contribution in [2.24, 2.45) is 11.8 Å². The van der Waals surface area contributed by atoms with E-state index in [-0.39, 0.29) is 0 Å². The van der Waals surface area contributed by atoms with E-state index < -0.39 is 0 Å². The van der Waals surface area contributed by atoms with Crippen molar-refractivity contribution < 1.29 is 0 Å². The molecule has 0 heterocycles. The summed E-state index contributed by atoms with van der Waals surface area (Å²) in [5, 5.41) is 0. The van der Waals surface area contributed by atoms with Crippen molar-refractivity contribution in [1.29, 1.82) is 0 Å². The third-order valence-electron chi connectivity index (χ3n) is 3.31. The molecule has 0 heteroatoms. The highest BCUT2D eigenvalue weighted by molar-refractivity contribution is 4.97. The monoisotopic (exact) mass is 150 g/mol. The van der Waals surface area contributed by atoms with Gasteiger partial charge in [-0.15, -0.1) is 0 Å². The number of fused-ring (bicyclic) bond motifs is 1. The molecule has 0 saturated heterocycles. The molecule has 2 aliphatic rings. The molecule has 0 N–H and O–H groups in total. The summed E-state index contributed by atoms with van der Waals surface area (Å²) in [6.07, 6.45) is 15.1. The lowest BCUT2D eigenvalue weighted by molar-refractivity contribution is 0.337. The Balaban J connectivity index is 2.02. The molecule has 0 aliphatic heterocycles. The topological polar surface area (TPSA) is 0 Å². The summed E-state index contributed by atoms with van der Waals surface area (Å²) in [5.74, 6) is 2.02. The van der Waals surface area contributed by atoms with Crippen LogP contribution in [0.25, 0.3) is 0 Å². The molecule has 0 spiro atoms. The van der Waals surface area contributed by atoms with Gasteiger partial charge in [0.2, 0.25) is 0 Å². The molecule has 1 saturated carbocycles. The highest BCUT2D eigenvalue weighted by atomic mass is 14.3. The third kappa shape index (κ3) is 1.66. The molecule has 2 atom stereocenters. The molecule has 1 fully saturated rings. The molecule has 62 valence electrons. The first-order valence-corrected chi connectivity index (χ1v) is 5.13. The molecule has 11 heavy (non-hydrogen) atoms. The van der Waals surface area contributed by atoms with Crippen molar-refractivity contribution >= 4 is 0 Å². The first-order chi connectivity index (χ1) is 5.47. The van der Waals surface area contributed by atoms with Crippen molar-refractivity contribution in [3.63, 3.8) is 0 Å². The van der Waals surface area contributed by atoms with E-state index in [1.54, 1.807) is 0 Å². The van der Waals surface area contributed by atoms with Gasteiger partial charge in [-0.3, -0.25) is 0 Å². The van der Waals surface area contributed by atoms with E-state index in [0.717, 1.165) is 11.8 Å². The molecule has 0 amide bonds. The number of hydrogen-bond acceptors (Lipinski definition) is 0. The van der Waals surface area contributed by atoms with Crippen LogP contribution in [0.5, 0.6) is 0 Å². The standard InChI is InChI=1S/C11H18/c1-2-6-10-8-4-5-9-11(10)7-3-1/h4,8,10-11H,1-3,5-7,9H2. The number of allylic oxidation sites excluding steroid dienone is 2. The second-order valence-electron chi connectivity index (χ2n) is 4.07. The Morgan fingerprint density at radius 2 is 1.82 bits per heavy atom. The zero-order valence-electron chi connectivity index (χ0n) is 7.26. The Kier molecular flexibility index (Phi) is 2.30. The van der Waals surface area contributed by atoms with Gasteiger partial charge in [0.1, 0.15) is 0 Å². The van der Waals surface area contributed by atoms with Gasteiger partial charge >= 0.3 is 0 Å². The van der Waals surface area contributed by atoms with Crippen molar-refractivity contribution in [3.05, 3.63) is 12.2 Å². The van der Waals surface area contributed by atoms with E-state index in [1.807, 2.05) is 0 Å². The van der Waals surface area contributed by atoms with Gasteiger partial charge in [-0.25, -0.2) is 0 Å². The Hall–Kier alpha value is -0.260. The van der Waals surface area contributed by atoms with E-state index in [4.69, 9.17) is 0 Å². The minimum absolute atomic E-state index is 0.964. The summed E-state index contributed by atoms with van der Waals surface area (Å²) < 4.78 is 0. The van der Waals surface area contributed by atoms with Crippen molar-refractivity contribution in [3.8, 4) is 0 Å². The highest BCUT2D eigenvalue weighted by Gasteiger charge is 2.22. The van der Waals surface area contributed by atoms with Crippen LogP contribution in [0.4, 0.5) is 0 Å². The van der Waals surface area contributed by atoms with Crippen LogP contribution in [0.1, 0.15) is 44.9 Å². The maximum absolute atomic E-state index is 2.49. The average molecular weight is 150 g/mol. The van der Waals surface area contributed by atoms with Crippen molar-refractivity contribution in [2.75, 3.05) is 0 Å². The number of hydrogen-bond donors (Lipinski definition) is 0. The molecule has 2 aliphatic carbocycles. The molecule has 0 radical (unpaired) electrons. The SMILES string of the molecule is C1=CC2CCCCCC2CC1. The van der Waals surface area contributed by atoms with Gasteiger partial charge in [0.15, 0.2) is 0 Å². The first kappa shape index (κ1) is 7.39. The van der Waals surface area contributed by atoms with Crippen LogP contribution in [0, 0.1) is 11.8 Å². The molecule has 2 rings (SSSR count). The van der Waals surface area contributed by atoms with Crippen molar-refractivity contribution in [2.45, 2.75) is 44.9 Å². The fourth-order valence-electron chi connectivity index (χ4n) is 2.61. The maximum atomic E-state index is 2.49. The van der Waals surface area contributed by atoms with Gasteiger partial charge in [-0.05, 0) is 37.5 Å². The smallest absolute Gasteiger partial charge is 0.0205 e. The van der Waals surface area contributed by atoms with Crippen LogP contribution >= 0.6 is 0 Å². The maximum Gasteiger partial charge on any atom is -0.0205 e. The van der Waals surface area contributed by atoms with E-state index in [0.29, 0.717) is 0 Å². The molecule has 0 nitrogen and oxygen atoms in total. The summed E-state index contributed by atoms with van der Waals surface area (Å²) in [5.41, 5.74) is 0. The predicted octanol–water partition coefficient (Wildman–Crippen LogP) is 3.53. The van der Waals surface area contributed by atoms with Gasteiger partial charge in [0.25, 0.3) is 0 Å². The first-order valence-electron chi connectivity index (χ1n) is 5.13. The Labute approximate surface area is 69.7 Å². The summed E-state index contributed by atoms with van der Waals surface area (Å²) in [7, 11) is 0. The zero-order chi connectivity index (χ0) is 7.52. The minimum Gasteiger partial charge on any atom is -0.0882 e. The predicted molar refractivity (Wildman–Crippen MR) is 48.4 cm³/mol. The Bertz CT molecular complexity index is 146. The van der Waals surface area contributed by atoms with Gasteiger partial charge in [0, 0.05) is 0 Å². The molecule has 2 unspecified atom stereocenters.